The lowest BCUT2D eigenvalue weighted by atomic mass is 10.2. The van der Waals surface area contributed by atoms with E-state index in [1.807, 2.05) is 43.3 Å². The van der Waals surface area contributed by atoms with Crippen LogP contribution in [0.25, 0.3) is 16.3 Å². The van der Waals surface area contributed by atoms with Crippen LogP contribution in [0.5, 0.6) is 5.75 Å². The summed E-state index contributed by atoms with van der Waals surface area (Å²) in [6, 6.07) is 11.3. The Bertz CT molecular complexity index is 1100. The highest BCUT2D eigenvalue weighted by atomic mass is 32.1. The van der Waals surface area contributed by atoms with Gasteiger partial charge in [0.25, 0.3) is 0 Å². The predicted molar refractivity (Wildman–Crippen MR) is 98.8 cm³/mol. The number of benzene rings is 1. The molecule has 0 radical (unpaired) electrons. The molecule has 0 atom stereocenters. The number of nitrogens with one attached hydrogen (secondary N) is 1. The van der Waals surface area contributed by atoms with Gasteiger partial charge in [0.05, 0.1) is 18.5 Å². The molecule has 0 bridgehead atoms. The molecule has 3 heterocycles. The van der Waals surface area contributed by atoms with Gasteiger partial charge in [-0.2, -0.15) is 14.7 Å². The second-order valence-corrected chi connectivity index (χ2v) is 6.35. The van der Waals surface area contributed by atoms with Crippen LogP contribution in [0.4, 0.5) is 5.69 Å². The maximum atomic E-state index is 5.15. The standard InChI is InChI=1S/C17H15N7OS/c1-11-16(21-19-13-3-5-14(25-2)6-4-13)26-17-22-20-15(24(17)23-11)12-7-9-18-10-8-12/h3-10,19H,1-2H3/b21-16+. The predicted octanol–water partition coefficient (Wildman–Crippen LogP) is 2.49. The van der Waals surface area contributed by atoms with Gasteiger partial charge in [-0.25, -0.2) is 0 Å². The average molecular weight is 365 g/mol. The van der Waals surface area contributed by atoms with E-state index in [9.17, 15) is 0 Å². The van der Waals surface area contributed by atoms with E-state index in [0.29, 0.717) is 10.8 Å². The molecule has 0 fully saturated rings. The van der Waals surface area contributed by atoms with Gasteiger partial charge in [-0.15, -0.1) is 10.2 Å². The van der Waals surface area contributed by atoms with E-state index in [1.54, 1.807) is 24.0 Å². The fraction of sp³-hybridized carbons (Fsp3) is 0.118. The number of ether oxygens (including phenoxy) is 1. The first-order valence-electron chi connectivity index (χ1n) is 7.82. The van der Waals surface area contributed by atoms with Gasteiger partial charge in [-0.1, -0.05) is 11.3 Å². The minimum atomic E-state index is 0.665. The summed E-state index contributed by atoms with van der Waals surface area (Å²) < 4.78 is 7.61. The van der Waals surface area contributed by atoms with Gasteiger partial charge in [-0.3, -0.25) is 10.4 Å². The SMILES string of the molecule is COc1ccc(N/N=c2/sc3nnc(-c4ccncc4)n3nc2C)cc1. The number of hydrogen-bond acceptors (Lipinski definition) is 8. The molecule has 1 aromatic carbocycles. The number of aromatic nitrogens is 5. The number of aryl methyl sites for hydroxylation is 1. The van der Waals surface area contributed by atoms with Crippen LogP contribution in [-0.4, -0.2) is 31.9 Å². The van der Waals surface area contributed by atoms with Gasteiger partial charge in [0.1, 0.15) is 5.75 Å². The van der Waals surface area contributed by atoms with Crippen LogP contribution in [0, 0.1) is 6.92 Å². The quantitative estimate of drug-likeness (QED) is 0.559. The fourth-order valence-corrected chi connectivity index (χ4v) is 3.09. The summed E-state index contributed by atoms with van der Waals surface area (Å²) in [5.74, 6) is 1.47. The van der Waals surface area contributed by atoms with Crippen molar-refractivity contribution >= 4 is 22.0 Å². The highest BCUT2D eigenvalue weighted by Gasteiger charge is 2.11. The summed E-state index contributed by atoms with van der Waals surface area (Å²) in [5.41, 5.74) is 5.57. The Morgan fingerprint density at radius 1 is 1.08 bits per heavy atom. The third-order valence-corrected chi connectivity index (χ3v) is 4.69. The Labute approximate surface area is 152 Å². The maximum absolute atomic E-state index is 5.15. The zero-order valence-corrected chi connectivity index (χ0v) is 14.9. The van der Waals surface area contributed by atoms with Gasteiger partial charge in [0, 0.05) is 18.0 Å². The van der Waals surface area contributed by atoms with Gasteiger partial charge in [0.2, 0.25) is 4.96 Å². The van der Waals surface area contributed by atoms with Crippen LogP contribution >= 0.6 is 11.3 Å². The van der Waals surface area contributed by atoms with Crippen molar-refractivity contribution in [3.63, 3.8) is 0 Å². The van der Waals surface area contributed by atoms with Crippen LogP contribution in [0.15, 0.2) is 53.9 Å². The molecule has 9 heteroatoms. The topological polar surface area (TPSA) is 89.6 Å². The first-order valence-corrected chi connectivity index (χ1v) is 8.63. The Hall–Kier alpha value is -3.33. The summed E-state index contributed by atoms with van der Waals surface area (Å²) in [6.07, 6.45) is 3.43. The van der Waals surface area contributed by atoms with Gasteiger partial charge < -0.3 is 4.74 Å². The molecule has 0 aliphatic rings. The lowest BCUT2D eigenvalue weighted by Gasteiger charge is -2.03. The van der Waals surface area contributed by atoms with Crippen LogP contribution in [-0.2, 0) is 0 Å². The summed E-state index contributed by atoms with van der Waals surface area (Å²) >= 11 is 1.41. The molecule has 4 rings (SSSR count). The van der Waals surface area contributed by atoms with E-state index in [-0.39, 0.29) is 0 Å². The van der Waals surface area contributed by atoms with E-state index in [4.69, 9.17) is 4.74 Å². The molecule has 0 spiro atoms. The molecule has 0 aliphatic carbocycles. The number of methoxy groups -OCH3 is 1. The van der Waals surface area contributed by atoms with Crippen molar-refractivity contribution in [2.45, 2.75) is 6.92 Å². The van der Waals surface area contributed by atoms with E-state index >= 15 is 0 Å². The van der Waals surface area contributed by atoms with Gasteiger partial charge in [-0.05, 0) is 43.3 Å². The van der Waals surface area contributed by atoms with Crippen molar-refractivity contribution < 1.29 is 4.74 Å². The molecule has 0 amide bonds. The third kappa shape index (κ3) is 3.11. The monoisotopic (exact) mass is 365 g/mol. The largest absolute Gasteiger partial charge is 0.497 e. The van der Waals surface area contributed by atoms with Crippen LogP contribution in [0.2, 0.25) is 0 Å². The normalized spacial score (nSPS) is 11.7. The molecule has 1 N–H and O–H groups in total. The Morgan fingerprint density at radius 2 is 1.85 bits per heavy atom. The molecule has 8 nitrogen and oxygen atoms in total. The lowest BCUT2D eigenvalue weighted by Crippen LogP contribution is -2.12. The number of hydrogen-bond donors (Lipinski definition) is 1. The van der Waals surface area contributed by atoms with Crippen molar-refractivity contribution in [1.29, 1.82) is 0 Å². The number of pyridine rings is 1. The molecule has 3 aromatic heterocycles. The molecule has 0 aliphatic heterocycles. The fourth-order valence-electron chi connectivity index (χ4n) is 2.34. The molecule has 0 saturated carbocycles. The van der Waals surface area contributed by atoms with E-state index < -0.39 is 0 Å². The molecular weight excluding hydrogens is 350 g/mol. The second-order valence-electron chi connectivity index (χ2n) is 5.40. The van der Waals surface area contributed by atoms with Crippen LogP contribution in [0.1, 0.15) is 5.69 Å². The van der Waals surface area contributed by atoms with Gasteiger partial charge in [0.15, 0.2) is 10.5 Å². The van der Waals surface area contributed by atoms with Crippen molar-refractivity contribution in [2.24, 2.45) is 5.10 Å². The smallest absolute Gasteiger partial charge is 0.235 e. The zero-order valence-electron chi connectivity index (χ0n) is 14.1. The summed E-state index contributed by atoms with van der Waals surface area (Å²) in [4.78, 5) is 4.69. The van der Waals surface area contributed by atoms with Crippen molar-refractivity contribution in [1.82, 2.24) is 24.8 Å². The number of fused-ring (bicyclic) bond motifs is 1. The number of nitrogens with zero attached hydrogens (tertiary/aromatic N) is 6. The van der Waals surface area contributed by atoms with Crippen LogP contribution in [0.3, 0.4) is 0 Å². The van der Waals surface area contributed by atoms with E-state index in [0.717, 1.165) is 27.4 Å². The number of rotatable bonds is 4. The minimum Gasteiger partial charge on any atom is -0.497 e. The third-order valence-electron chi connectivity index (χ3n) is 3.67. The van der Waals surface area contributed by atoms with Gasteiger partial charge >= 0.3 is 0 Å². The molecule has 26 heavy (non-hydrogen) atoms. The van der Waals surface area contributed by atoms with E-state index in [2.05, 4.69) is 30.8 Å². The molecular formula is C17H15N7OS. The Kier molecular flexibility index (Phi) is 4.28. The Balaban J connectivity index is 1.69. The van der Waals surface area contributed by atoms with Crippen molar-refractivity contribution in [3.8, 4) is 17.1 Å². The first-order chi connectivity index (χ1) is 12.7. The first kappa shape index (κ1) is 16.2. The second kappa shape index (κ2) is 6.89. The lowest BCUT2D eigenvalue weighted by molar-refractivity contribution is 0.415. The summed E-state index contributed by atoms with van der Waals surface area (Å²) in [6.45, 7) is 1.90. The average Bonchev–Trinajstić information content (AvgIpc) is 3.10. The minimum absolute atomic E-state index is 0.665. The number of anilines is 1. The Morgan fingerprint density at radius 3 is 2.58 bits per heavy atom. The summed E-state index contributed by atoms with van der Waals surface area (Å²) in [5, 5.41) is 17.5. The maximum Gasteiger partial charge on any atom is 0.235 e. The zero-order chi connectivity index (χ0) is 17.9. The molecule has 0 unspecified atom stereocenters. The van der Waals surface area contributed by atoms with Crippen LogP contribution < -0.4 is 14.8 Å². The molecule has 0 saturated heterocycles. The summed E-state index contributed by atoms with van der Waals surface area (Å²) in [7, 11) is 1.64. The van der Waals surface area contributed by atoms with E-state index in [1.165, 1.54) is 11.3 Å². The van der Waals surface area contributed by atoms with Crippen molar-refractivity contribution in [2.75, 3.05) is 12.5 Å². The highest BCUT2D eigenvalue weighted by Crippen LogP contribution is 2.17. The van der Waals surface area contributed by atoms with Crippen molar-refractivity contribution in [3.05, 3.63) is 59.2 Å². The highest BCUT2D eigenvalue weighted by molar-refractivity contribution is 7.14. The molecule has 130 valence electrons. The molecule has 4 aromatic rings.